The summed E-state index contributed by atoms with van der Waals surface area (Å²) in [5.41, 5.74) is 4.86. The zero-order chi connectivity index (χ0) is 22.8. The molecule has 1 heterocycles. The van der Waals surface area contributed by atoms with Crippen LogP contribution in [0.15, 0.2) is 46.1 Å². The zero-order valence-corrected chi connectivity index (χ0v) is 20.0. The van der Waals surface area contributed by atoms with Gasteiger partial charge in [-0.3, -0.25) is 4.31 Å². The first-order valence-electron chi connectivity index (χ1n) is 9.96. The van der Waals surface area contributed by atoms with Gasteiger partial charge >= 0.3 is 0 Å². The van der Waals surface area contributed by atoms with Crippen molar-refractivity contribution < 1.29 is 17.5 Å². The first-order valence-corrected chi connectivity index (χ1v) is 12.3. The topological polar surface area (TPSA) is 59.5 Å². The van der Waals surface area contributed by atoms with Crippen LogP contribution in [0.4, 0.5) is 10.1 Å². The van der Waals surface area contributed by atoms with E-state index in [1.54, 1.807) is 24.4 Å². The fourth-order valence-electron chi connectivity index (χ4n) is 3.03. The molecule has 0 bridgehead atoms. The number of ether oxygens (including phenoxy) is 1. The molecule has 0 N–H and O–H groups in total. The molecule has 0 aliphatic rings. The standard InChI is InChI=1S/C23H27FN2O3S2/c1-15-6-8-20(9-7-15)13-29-22-11-17(3)16(2)10-21(22)26(12-18(4)24)31(27,28)23-25-19(5)14-30-23/h6-11,14,18H,12-13H2,1-5H3. The number of thiazole rings is 1. The predicted octanol–water partition coefficient (Wildman–Crippen LogP) is 5.51. The summed E-state index contributed by atoms with van der Waals surface area (Å²) in [5, 5.41) is 1.67. The van der Waals surface area contributed by atoms with Gasteiger partial charge in [0.2, 0.25) is 4.34 Å². The molecule has 1 unspecified atom stereocenters. The number of sulfonamides is 1. The smallest absolute Gasteiger partial charge is 0.291 e. The van der Waals surface area contributed by atoms with Gasteiger partial charge in [0.25, 0.3) is 10.0 Å². The molecular formula is C23H27FN2O3S2. The number of hydrogen-bond donors (Lipinski definition) is 0. The van der Waals surface area contributed by atoms with Gasteiger partial charge in [-0.05, 0) is 63.4 Å². The van der Waals surface area contributed by atoms with E-state index in [1.165, 1.54) is 6.92 Å². The molecule has 8 heteroatoms. The number of hydrogen-bond acceptors (Lipinski definition) is 5. The van der Waals surface area contributed by atoms with E-state index >= 15 is 0 Å². The van der Waals surface area contributed by atoms with E-state index in [-0.39, 0.29) is 17.5 Å². The van der Waals surface area contributed by atoms with E-state index in [9.17, 15) is 12.8 Å². The summed E-state index contributed by atoms with van der Waals surface area (Å²) in [6.07, 6.45) is -1.37. The second kappa shape index (κ2) is 9.36. The van der Waals surface area contributed by atoms with Crippen molar-refractivity contribution in [2.75, 3.05) is 10.8 Å². The molecule has 0 saturated heterocycles. The summed E-state index contributed by atoms with van der Waals surface area (Å²) in [6, 6.07) is 11.5. The molecule has 3 aromatic rings. The maximum atomic E-state index is 14.1. The van der Waals surface area contributed by atoms with Gasteiger partial charge in [0.1, 0.15) is 18.5 Å². The highest BCUT2D eigenvalue weighted by atomic mass is 32.2. The SMILES string of the molecule is Cc1ccc(COc2cc(C)c(C)cc2N(CC(C)F)S(=O)(=O)c2nc(C)cs2)cc1. The van der Waals surface area contributed by atoms with Crippen LogP contribution in [0.2, 0.25) is 0 Å². The predicted molar refractivity (Wildman–Crippen MR) is 123 cm³/mol. The molecule has 0 fully saturated rings. The molecular weight excluding hydrogens is 435 g/mol. The number of aromatic nitrogens is 1. The van der Waals surface area contributed by atoms with Crippen molar-refractivity contribution in [1.29, 1.82) is 0 Å². The number of anilines is 1. The van der Waals surface area contributed by atoms with Gasteiger partial charge in [-0.15, -0.1) is 11.3 Å². The van der Waals surface area contributed by atoms with Crippen molar-refractivity contribution in [2.45, 2.75) is 51.7 Å². The van der Waals surface area contributed by atoms with Crippen molar-refractivity contribution in [3.63, 3.8) is 0 Å². The van der Waals surface area contributed by atoms with Gasteiger partial charge in [0.15, 0.2) is 0 Å². The van der Waals surface area contributed by atoms with Gasteiger partial charge in [-0.2, -0.15) is 8.42 Å². The minimum Gasteiger partial charge on any atom is -0.487 e. The molecule has 0 saturated carbocycles. The number of nitrogens with zero attached hydrogens (tertiary/aromatic N) is 2. The third-order valence-corrected chi connectivity index (χ3v) is 8.02. The molecule has 2 aromatic carbocycles. The van der Waals surface area contributed by atoms with Gasteiger partial charge in [0.05, 0.1) is 12.2 Å². The van der Waals surface area contributed by atoms with Crippen molar-refractivity contribution in [3.8, 4) is 5.75 Å². The number of aryl methyl sites for hydroxylation is 4. The van der Waals surface area contributed by atoms with E-state index in [1.807, 2.05) is 45.0 Å². The van der Waals surface area contributed by atoms with Crippen molar-refractivity contribution in [1.82, 2.24) is 4.98 Å². The lowest BCUT2D eigenvalue weighted by Gasteiger charge is -2.27. The molecule has 1 aromatic heterocycles. The summed E-state index contributed by atoms with van der Waals surface area (Å²) >= 11 is 1.03. The van der Waals surface area contributed by atoms with Crippen molar-refractivity contribution in [2.24, 2.45) is 0 Å². The lowest BCUT2D eigenvalue weighted by atomic mass is 10.1. The summed E-state index contributed by atoms with van der Waals surface area (Å²) in [7, 11) is -4.05. The quantitative estimate of drug-likeness (QED) is 0.443. The minimum atomic E-state index is -4.05. The largest absolute Gasteiger partial charge is 0.487 e. The summed E-state index contributed by atoms with van der Waals surface area (Å²) in [4.78, 5) is 4.13. The number of halogens is 1. The lowest BCUT2D eigenvalue weighted by molar-refractivity contribution is 0.306. The maximum absolute atomic E-state index is 14.1. The monoisotopic (exact) mass is 462 g/mol. The molecule has 0 spiro atoms. The molecule has 5 nitrogen and oxygen atoms in total. The van der Waals surface area contributed by atoms with Crippen LogP contribution in [-0.2, 0) is 16.6 Å². The Hall–Kier alpha value is -2.45. The number of alkyl halides is 1. The fraction of sp³-hybridized carbons (Fsp3) is 0.348. The van der Waals surface area contributed by atoms with Crippen molar-refractivity contribution in [3.05, 3.63) is 69.7 Å². The molecule has 0 aliphatic heterocycles. The zero-order valence-electron chi connectivity index (χ0n) is 18.3. The van der Waals surface area contributed by atoms with Crippen LogP contribution in [0.1, 0.15) is 34.9 Å². The van der Waals surface area contributed by atoms with Crippen LogP contribution >= 0.6 is 11.3 Å². The van der Waals surface area contributed by atoms with Crippen LogP contribution in [-0.4, -0.2) is 26.1 Å². The Morgan fingerprint density at radius 1 is 1.10 bits per heavy atom. The summed E-state index contributed by atoms with van der Waals surface area (Å²) < 4.78 is 48.0. The van der Waals surface area contributed by atoms with Gasteiger partial charge in [-0.1, -0.05) is 29.8 Å². The first-order chi connectivity index (χ1) is 14.6. The Kier molecular flexibility index (Phi) is 7.01. The second-order valence-corrected chi connectivity index (χ2v) is 10.6. The van der Waals surface area contributed by atoms with Crippen molar-refractivity contribution >= 4 is 27.0 Å². The first kappa shape index (κ1) is 23.2. The molecule has 3 rings (SSSR count). The Morgan fingerprint density at radius 3 is 2.32 bits per heavy atom. The molecule has 0 aliphatic carbocycles. The highest BCUT2D eigenvalue weighted by molar-refractivity contribution is 7.94. The van der Waals surface area contributed by atoms with Gasteiger partial charge in [-0.25, -0.2) is 9.37 Å². The Balaban J connectivity index is 2.05. The molecule has 1 atom stereocenters. The van der Waals surface area contributed by atoms with Crippen LogP contribution in [0.5, 0.6) is 5.75 Å². The van der Waals surface area contributed by atoms with E-state index in [0.717, 1.165) is 37.9 Å². The molecule has 0 amide bonds. The maximum Gasteiger partial charge on any atom is 0.291 e. The van der Waals surface area contributed by atoms with Gasteiger partial charge < -0.3 is 4.74 Å². The highest BCUT2D eigenvalue weighted by Crippen LogP contribution is 2.36. The van der Waals surface area contributed by atoms with E-state index in [4.69, 9.17) is 4.74 Å². The Bertz CT molecular complexity index is 1160. The normalized spacial score (nSPS) is 12.6. The van der Waals surface area contributed by atoms with Crippen LogP contribution in [0, 0.1) is 27.7 Å². The third-order valence-electron chi connectivity index (χ3n) is 4.89. The van der Waals surface area contributed by atoms with Crippen LogP contribution in [0.3, 0.4) is 0 Å². The minimum absolute atomic E-state index is 0.0617. The molecule has 31 heavy (non-hydrogen) atoms. The Labute approximate surface area is 187 Å². The van der Waals surface area contributed by atoms with E-state index < -0.39 is 16.2 Å². The number of benzene rings is 2. The average Bonchev–Trinajstić information content (AvgIpc) is 3.15. The van der Waals surface area contributed by atoms with Crippen LogP contribution in [0.25, 0.3) is 0 Å². The fourth-order valence-corrected chi connectivity index (χ4v) is 5.70. The molecule has 0 radical (unpaired) electrons. The third kappa shape index (κ3) is 5.43. The van der Waals surface area contributed by atoms with Crippen LogP contribution < -0.4 is 9.04 Å². The van der Waals surface area contributed by atoms with E-state index in [2.05, 4.69) is 4.98 Å². The summed E-state index contributed by atoms with van der Waals surface area (Å²) in [5.74, 6) is 0.390. The Morgan fingerprint density at radius 2 is 1.74 bits per heavy atom. The second-order valence-electron chi connectivity index (χ2n) is 7.75. The number of rotatable bonds is 8. The van der Waals surface area contributed by atoms with Gasteiger partial charge in [0, 0.05) is 11.1 Å². The summed E-state index contributed by atoms with van der Waals surface area (Å²) in [6.45, 7) is 8.83. The van der Waals surface area contributed by atoms with E-state index in [0.29, 0.717) is 17.1 Å². The highest BCUT2D eigenvalue weighted by Gasteiger charge is 2.31. The average molecular weight is 463 g/mol. The lowest BCUT2D eigenvalue weighted by Crippen LogP contribution is -2.36. The molecule has 166 valence electrons.